The van der Waals surface area contributed by atoms with Crippen molar-refractivity contribution in [2.45, 2.75) is 29.4 Å². The fraction of sp³-hybridized carbons (Fsp3) is 0.500. The Balaban J connectivity index is 2.48. The summed E-state index contributed by atoms with van der Waals surface area (Å²) in [5.74, 6) is -0.634. The van der Waals surface area contributed by atoms with E-state index in [2.05, 4.69) is 5.32 Å². The van der Waals surface area contributed by atoms with Crippen LogP contribution < -0.4 is 5.32 Å². The Hall–Kier alpha value is -1.40. The number of carbonyl (C=O) groups excluding carboxylic acids is 1. The van der Waals surface area contributed by atoms with Crippen molar-refractivity contribution in [1.29, 1.82) is 0 Å². The smallest absolute Gasteiger partial charge is 0.327 e. The summed E-state index contributed by atoms with van der Waals surface area (Å²) in [5, 5.41) is 3.09. The summed E-state index contributed by atoms with van der Waals surface area (Å²) in [4.78, 5) is 12.5. The van der Waals surface area contributed by atoms with Gasteiger partial charge in [0.05, 0.1) is 11.5 Å². The van der Waals surface area contributed by atoms with Gasteiger partial charge in [-0.3, -0.25) is 4.79 Å². The van der Waals surface area contributed by atoms with Crippen LogP contribution in [0.3, 0.4) is 0 Å². The van der Waals surface area contributed by atoms with Gasteiger partial charge in [-0.1, -0.05) is 18.2 Å². The van der Waals surface area contributed by atoms with E-state index in [0.717, 1.165) is 0 Å². The van der Waals surface area contributed by atoms with Crippen LogP contribution in [-0.2, 0) is 19.4 Å². The molecular formula is C14H19NO4S. The van der Waals surface area contributed by atoms with Gasteiger partial charge in [0.15, 0.2) is 14.6 Å². The number of hydrogen-bond donors (Lipinski definition) is 1. The van der Waals surface area contributed by atoms with Crippen LogP contribution in [0.5, 0.6) is 0 Å². The number of benzene rings is 1. The SMILES string of the molecule is CCOC(=O)C1(S(=O)(=O)c2ccccc2)CCNCC1. The van der Waals surface area contributed by atoms with Crippen molar-refractivity contribution < 1.29 is 17.9 Å². The maximum absolute atomic E-state index is 12.9. The summed E-state index contributed by atoms with van der Waals surface area (Å²) in [5.41, 5.74) is 0. The first kappa shape index (κ1) is 15.0. The van der Waals surface area contributed by atoms with Crippen LogP contribution in [-0.4, -0.2) is 38.8 Å². The van der Waals surface area contributed by atoms with E-state index < -0.39 is 20.6 Å². The molecule has 1 heterocycles. The summed E-state index contributed by atoms with van der Waals surface area (Å²) in [6.07, 6.45) is 0.478. The fourth-order valence-corrected chi connectivity index (χ4v) is 4.49. The van der Waals surface area contributed by atoms with Crippen molar-refractivity contribution in [3.05, 3.63) is 30.3 Å². The van der Waals surface area contributed by atoms with Crippen molar-refractivity contribution in [3.8, 4) is 0 Å². The molecule has 0 saturated carbocycles. The van der Waals surface area contributed by atoms with Crippen LogP contribution in [0, 0.1) is 0 Å². The lowest BCUT2D eigenvalue weighted by Gasteiger charge is -2.34. The second-order valence-electron chi connectivity index (χ2n) is 4.78. The van der Waals surface area contributed by atoms with E-state index in [1.807, 2.05) is 0 Å². The molecule has 0 aliphatic carbocycles. The Morgan fingerprint density at radius 1 is 1.25 bits per heavy atom. The normalized spacial score (nSPS) is 18.4. The molecule has 1 saturated heterocycles. The molecule has 110 valence electrons. The van der Waals surface area contributed by atoms with E-state index in [0.29, 0.717) is 13.1 Å². The first-order valence-corrected chi connectivity index (χ1v) is 8.20. The number of rotatable bonds is 4. The van der Waals surface area contributed by atoms with Gasteiger partial charge in [-0.2, -0.15) is 0 Å². The molecule has 1 aliphatic rings. The van der Waals surface area contributed by atoms with Crippen LogP contribution >= 0.6 is 0 Å². The van der Waals surface area contributed by atoms with Gasteiger partial charge in [0, 0.05) is 0 Å². The van der Waals surface area contributed by atoms with Gasteiger partial charge in [-0.15, -0.1) is 0 Å². The van der Waals surface area contributed by atoms with E-state index in [1.165, 1.54) is 12.1 Å². The summed E-state index contributed by atoms with van der Waals surface area (Å²) in [6.45, 7) is 2.84. The summed E-state index contributed by atoms with van der Waals surface area (Å²) in [6, 6.07) is 8.12. The second-order valence-corrected chi connectivity index (χ2v) is 7.04. The Kier molecular flexibility index (Phi) is 4.45. The minimum absolute atomic E-state index is 0.176. The number of esters is 1. The third kappa shape index (κ3) is 2.45. The third-order valence-corrected chi connectivity index (χ3v) is 6.12. The quantitative estimate of drug-likeness (QED) is 0.844. The molecule has 0 atom stereocenters. The van der Waals surface area contributed by atoms with E-state index in [1.54, 1.807) is 25.1 Å². The lowest BCUT2D eigenvalue weighted by molar-refractivity contribution is -0.147. The second kappa shape index (κ2) is 5.93. The van der Waals surface area contributed by atoms with Gasteiger partial charge in [0.2, 0.25) is 0 Å². The zero-order valence-corrected chi connectivity index (χ0v) is 12.3. The van der Waals surface area contributed by atoms with Crippen LogP contribution in [0.15, 0.2) is 35.2 Å². The average Bonchev–Trinajstić information content (AvgIpc) is 2.49. The molecule has 2 rings (SSSR count). The summed E-state index contributed by atoms with van der Waals surface area (Å²) in [7, 11) is -3.76. The fourth-order valence-electron chi connectivity index (χ4n) is 2.50. The highest BCUT2D eigenvalue weighted by Gasteiger charge is 2.52. The van der Waals surface area contributed by atoms with Gasteiger partial charge in [0.1, 0.15) is 0 Å². The van der Waals surface area contributed by atoms with Crippen LogP contribution in [0.1, 0.15) is 19.8 Å². The number of nitrogens with one attached hydrogen (secondary N) is 1. The molecule has 1 aliphatic heterocycles. The van der Waals surface area contributed by atoms with Gasteiger partial charge in [-0.05, 0) is 45.0 Å². The largest absolute Gasteiger partial charge is 0.465 e. The van der Waals surface area contributed by atoms with Gasteiger partial charge >= 0.3 is 5.97 Å². The molecular weight excluding hydrogens is 278 g/mol. The first-order valence-electron chi connectivity index (χ1n) is 6.72. The highest BCUT2D eigenvalue weighted by Crippen LogP contribution is 2.34. The van der Waals surface area contributed by atoms with Crippen LogP contribution in [0.4, 0.5) is 0 Å². The Bertz CT molecular complexity index is 562. The molecule has 0 radical (unpaired) electrons. The summed E-state index contributed by atoms with van der Waals surface area (Å²) >= 11 is 0. The first-order chi connectivity index (χ1) is 9.54. The number of hydrogen-bond acceptors (Lipinski definition) is 5. The molecule has 20 heavy (non-hydrogen) atoms. The molecule has 6 heteroatoms. The highest BCUT2D eigenvalue weighted by molar-refractivity contribution is 7.93. The topological polar surface area (TPSA) is 72.5 Å². The predicted molar refractivity (Wildman–Crippen MR) is 75.1 cm³/mol. The van der Waals surface area contributed by atoms with Crippen molar-refractivity contribution >= 4 is 15.8 Å². The molecule has 1 N–H and O–H groups in total. The molecule has 0 unspecified atom stereocenters. The van der Waals surface area contributed by atoms with E-state index in [4.69, 9.17) is 4.74 Å². The van der Waals surface area contributed by atoms with Gasteiger partial charge in [0.25, 0.3) is 0 Å². The number of carbonyl (C=O) groups is 1. The van der Waals surface area contributed by atoms with E-state index >= 15 is 0 Å². The van der Waals surface area contributed by atoms with Gasteiger partial charge < -0.3 is 10.1 Å². The number of piperidine rings is 1. The predicted octanol–water partition coefficient (Wildman–Crippen LogP) is 1.15. The zero-order valence-electron chi connectivity index (χ0n) is 11.5. The number of ether oxygens (including phenoxy) is 1. The van der Waals surface area contributed by atoms with Crippen molar-refractivity contribution in [3.63, 3.8) is 0 Å². The maximum Gasteiger partial charge on any atom is 0.327 e. The van der Waals surface area contributed by atoms with Crippen LogP contribution in [0.2, 0.25) is 0 Å². The minimum atomic E-state index is -3.76. The minimum Gasteiger partial charge on any atom is -0.465 e. The Morgan fingerprint density at radius 3 is 2.40 bits per heavy atom. The highest BCUT2D eigenvalue weighted by atomic mass is 32.2. The number of sulfone groups is 1. The summed E-state index contributed by atoms with van der Waals surface area (Å²) < 4.78 is 29.4. The monoisotopic (exact) mass is 297 g/mol. The molecule has 0 spiro atoms. The average molecular weight is 297 g/mol. The van der Waals surface area contributed by atoms with Crippen molar-refractivity contribution in [1.82, 2.24) is 5.32 Å². The zero-order chi connectivity index (χ0) is 14.6. The molecule has 1 aromatic rings. The maximum atomic E-state index is 12.9. The Morgan fingerprint density at radius 2 is 1.85 bits per heavy atom. The van der Waals surface area contributed by atoms with Crippen LogP contribution in [0.25, 0.3) is 0 Å². The van der Waals surface area contributed by atoms with Gasteiger partial charge in [-0.25, -0.2) is 8.42 Å². The molecule has 1 fully saturated rings. The molecule has 5 nitrogen and oxygen atoms in total. The lowest BCUT2D eigenvalue weighted by atomic mass is 9.97. The van der Waals surface area contributed by atoms with Crippen molar-refractivity contribution in [2.24, 2.45) is 0 Å². The standard InChI is InChI=1S/C14H19NO4S/c1-2-19-13(16)14(8-10-15-11-9-14)20(17,18)12-6-4-3-5-7-12/h3-7,15H,2,8-11H2,1H3. The van der Waals surface area contributed by atoms with Crippen molar-refractivity contribution in [2.75, 3.05) is 19.7 Å². The molecule has 0 amide bonds. The molecule has 0 bridgehead atoms. The molecule has 0 aromatic heterocycles. The Labute approximate surface area is 119 Å². The third-order valence-electron chi connectivity index (χ3n) is 3.63. The molecule has 1 aromatic carbocycles. The van der Waals surface area contributed by atoms with E-state index in [9.17, 15) is 13.2 Å². The van der Waals surface area contributed by atoms with E-state index in [-0.39, 0.29) is 24.3 Å². The lowest BCUT2D eigenvalue weighted by Crippen LogP contribution is -2.54.